The van der Waals surface area contributed by atoms with Crippen LogP contribution < -0.4 is 11.1 Å². The van der Waals surface area contributed by atoms with E-state index >= 15 is 0 Å². The number of hydrogen-bond acceptors (Lipinski definition) is 3. The van der Waals surface area contributed by atoms with Crippen LogP contribution in [0.15, 0.2) is 0 Å². The summed E-state index contributed by atoms with van der Waals surface area (Å²) >= 11 is 1.89. The van der Waals surface area contributed by atoms with Gasteiger partial charge in [0, 0.05) is 0 Å². The van der Waals surface area contributed by atoms with E-state index in [1.807, 2.05) is 18.7 Å². The van der Waals surface area contributed by atoms with Crippen molar-refractivity contribution in [2.75, 3.05) is 18.1 Å². The molecule has 0 aromatic heterocycles. The van der Waals surface area contributed by atoms with Crippen LogP contribution in [0, 0.1) is 5.92 Å². The monoisotopic (exact) mass is 218 g/mol. The summed E-state index contributed by atoms with van der Waals surface area (Å²) in [4.78, 5) is 11.0. The lowest BCUT2D eigenvalue weighted by atomic mass is 10.2. The second kappa shape index (κ2) is 8.12. The fourth-order valence-corrected chi connectivity index (χ4v) is 2.15. The Kier molecular flexibility index (Phi) is 7.99. The Morgan fingerprint density at radius 3 is 2.57 bits per heavy atom. The summed E-state index contributed by atoms with van der Waals surface area (Å²) in [5.41, 5.74) is 5.25. The van der Waals surface area contributed by atoms with Crippen molar-refractivity contribution in [1.29, 1.82) is 0 Å². The Balaban J connectivity index is 3.56. The number of rotatable bonds is 8. The standard InChI is InChI=1S/C10H22N2OS/c1-4-12-9(10(11)13)5-6-14-7-8(2)3/h8-9,12H,4-7H2,1-3H3,(H2,11,13). The minimum absolute atomic E-state index is 0.153. The molecule has 0 spiro atoms. The number of carbonyl (C=O) groups excluding carboxylic acids is 1. The Bertz CT molecular complexity index is 162. The fraction of sp³-hybridized carbons (Fsp3) is 0.900. The van der Waals surface area contributed by atoms with Gasteiger partial charge in [0.25, 0.3) is 0 Å². The molecule has 0 radical (unpaired) electrons. The van der Waals surface area contributed by atoms with Crippen molar-refractivity contribution < 1.29 is 4.79 Å². The average molecular weight is 218 g/mol. The molecular formula is C10H22N2OS. The third-order valence-corrected chi connectivity index (χ3v) is 3.22. The van der Waals surface area contributed by atoms with Gasteiger partial charge < -0.3 is 11.1 Å². The number of amides is 1. The Hall–Kier alpha value is -0.220. The van der Waals surface area contributed by atoms with Crippen molar-refractivity contribution in [2.45, 2.75) is 33.2 Å². The predicted molar refractivity (Wildman–Crippen MR) is 63.4 cm³/mol. The van der Waals surface area contributed by atoms with Crippen LogP contribution in [0.5, 0.6) is 0 Å². The van der Waals surface area contributed by atoms with Crippen molar-refractivity contribution in [2.24, 2.45) is 11.7 Å². The van der Waals surface area contributed by atoms with Crippen LogP contribution in [0.2, 0.25) is 0 Å². The first-order valence-electron chi connectivity index (χ1n) is 5.18. The zero-order valence-electron chi connectivity index (χ0n) is 9.38. The van der Waals surface area contributed by atoms with Crippen molar-refractivity contribution in [3.8, 4) is 0 Å². The molecular weight excluding hydrogens is 196 g/mol. The van der Waals surface area contributed by atoms with Gasteiger partial charge in [0.2, 0.25) is 5.91 Å². The van der Waals surface area contributed by atoms with E-state index < -0.39 is 0 Å². The summed E-state index contributed by atoms with van der Waals surface area (Å²) in [6.07, 6.45) is 0.834. The van der Waals surface area contributed by atoms with Gasteiger partial charge >= 0.3 is 0 Å². The molecule has 0 fully saturated rings. The molecule has 0 saturated heterocycles. The number of nitrogens with one attached hydrogen (secondary N) is 1. The van der Waals surface area contributed by atoms with Crippen molar-refractivity contribution in [1.82, 2.24) is 5.32 Å². The molecule has 0 aromatic rings. The van der Waals surface area contributed by atoms with Crippen LogP contribution in [-0.4, -0.2) is 30.0 Å². The minimum Gasteiger partial charge on any atom is -0.368 e. The molecule has 14 heavy (non-hydrogen) atoms. The number of nitrogens with two attached hydrogens (primary N) is 1. The van der Waals surface area contributed by atoms with E-state index in [-0.39, 0.29) is 11.9 Å². The molecule has 0 bridgehead atoms. The summed E-state index contributed by atoms with van der Waals surface area (Å²) in [7, 11) is 0. The minimum atomic E-state index is -0.239. The SMILES string of the molecule is CCNC(CCSCC(C)C)C(N)=O. The van der Waals surface area contributed by atoms with Gasteiger partial charge in [-0.1, -0.05) is 20.8 Å². The lowest BCUT2D eigenvalue weighted by Crippen LogP contribution is -2.41. The molecule has 1 atom stereocenters. The molecule has 1 amide bonds. The molecule has 0 aliphatic rings. The smallest absolute Gasteiger partial charge is 0.234 e. The van der Waals surface area contributed by atoms with Crippen LogP contribution in [0.3, 0.4) is 0 Å². The maximum atomic E-state index is 11.0. The highest BCUT2D eigenvalue weighted by atomic mass is 32.2. The second-order valence-electron chi connectivity index (χ2n) is 3.77. The van der Waals surface area contributed by atoms with Crippen LogP contribution in [-0.2, 0) is 4.79 Å². The van der Waals surface area contributed by atoms with Gasteiger partial charge in [-0.2, -0.15) is 11.8 Å². The molecule has 4 heteroatoms. The number of hydrogen-bond donors (Lipinski definition) is 2. The van der Waals surface area contributed by atoms with E-state index in [1.54, 1.807) is 0 Å². The van der Waals surface area contributed by atoms with E-state index in [0.29, 0.717) is 5.92 Å². The molecule has 3 nitrogen and oxygen atoms in total. The lowest BCUT2D eigenvalue weighted by molar-refractivity contribution is -0.120. The Morgan fingerprint density at radius 2 is 2.14 bits per heavy atom. The van der Waals surface area contributed by atoms with Crippen molar-refractivity contribution >= 4 is 17.7 Å². The zero-order chi connectivity index (χ0) is 11.0. The molecule has 0 aromatic carbocycles. The topological polar surface area (TPSA) is 55.1 Å². The van der Waals surface area contributed by atoms with Gasteiger partial charge in [-0.3, -0.25) is 4.79 Å². The van der Waals surface area contributed by atoms with Crippen molar-refractivity contribution in [3.05, 3.63) is 0 Å². The van der Waals surface area contributed by atoms with Gasteiger partial charge in [0.15, 0.2) is 0 Å². The van der Waals surface area contributed by atoms with E-state index in [0.717, 1.165) is 24.5 Å². The lowest BCUT2D eigenvalue weighted by Gasteiger charge is -2.13. The van der Waals surface area contributed by atoms with Gasteiger partial charge in [-0.05, 0) is 30.4 Å². The molecule has 0 rings (SSSR count). The zero-order valence-corrected chi connectivity index (χ0v) is 10.2. The Morgan fingerprint density at radius 1 is 1.50 bits per heavy atom. The maximum Gasteiger partial charge on any atom is 0.234 e. The summed E-state index contributed by atoms with van der Waals surface area (Å²) in [5.74, 6) is 2.62. The molecule has 0 aliphatic carbocycles. The largest absolute Gasteiger partial charge is 0.368 e. The van der Waals surface area contributed by atoms with Crippen LogP contribution in [0.4, 0.5) is 0 Å². The first kappa shape index (κ1) is 13.8. The summed E-state index contributed by atoms with van der Waals surface area (Å²) in [5, 5.41) is 3.08. The van der Waals surface area contributed by atoms with Gasteiger partial charge in [0.1, 0.15) is 0 Å². The fourth-order valence-electron chi connectivity index (χ4n) is 1.11. The van der Waals surface area contributed by atoms with Gasteiger partial charge in [0.05, 0.1) is 6.04 Å². The maximum absolute atomic E-state index is 11.0. The molecule has 1 unspecified atom stereocenters. The number of likely N-dealkylation sites (N-methyl/N-ethyl adjacent to an activating group) is 1. The van der Waals surface area contributed by atoms with Crippen LogP contribution in [0.25, 0.3) is 0 Å². The summed E-state index contributed by atoms with van der Waals surface area (Å²) < 4.78 is 0. The third-order valence-electron chi connectivity index (χ3n) is 1.80. The third kappa shape index (κ3) is 7.21. The molecule has 0 saturated carbocycles. The van der Waals surface area contributed by atoms with Gasteiger partial charge in [-0.15, -0.1) is 0 Å². The summed E-state index contributed by atoms with van der Waals surface area (Å²) in [6.45, 7) is 7.17. The molecule has 84 valence electrons. The highest BCUT2D eigenvalue weighted by Crippen LogP contribution is 2.09. The highest BCUT2D eigenvalue weighted by Gasteiger charge is 2.12. The number of thioether (sulfide) groups is 1. The second-order valence-corrected chi connectivity index (χ2v) is 4.92. The summed E-state index contributed by atoms with van der Waals surface area (Å²) in [6, 6.07) is -0.153. The first-order valence-corrected chi connectivity index (χ1v) is 6.33. The molecule has 0 aliphatic heterocycles. The normalized spacial score (nSPS) is 13.1. The van der Waals surface area contributed by atoms with Gasteiger partial charge in [-0.25, -0.2) is 0 Å². The molecule has 3 N–H and O–H groups in total. The number of carbonyl (C=O) groups is 1. The van der Waals surface area contributed by atoms with E-state index in [9.17, 15) is 4.79 Å². The van der Waals surface area contributed by atoms with E-state index in [1.165, 1.54) is 0 Å². The molecule has 0 heterocycles. The van der Waals surface area contributed by atoms with E-state index in [2.05, 4.69) is 19.2 Å². The van der Waals surface area contributed by atoms with Crippen LogP contribution >= 0.6 is 11.8 Å². The van der Waals surface area contributed by atoms with E-state index in [4.69, 9.17) is 5.73 Å². The average Bonchev–Trinajstić information content (AvgIpc) is 2.09. The Labute approximate surface area is 91.2 Å². The quantitative estimate of drug-likeness (QED) is 0.603. The number of primary amides is 1. The van der Waals surface area contributed by atoms with Crippen molar-refractivity contribution in [3.63, 3.8) is 0 Å². The first-order chi connectivity index (χ1) is 6.57. The highest BCUT2D eigenvalue weighted by molar-refractivity contribution is 7.99. The van der Waals surface area contributed by atoms with Crippen LogP contribution in [0.1, 0.15) is 27.2 Å². The predicted octanol–water partition coefficient (Wildman–Crippen LogP) is 1.23.